The molecule has 0 spiro atoms. The second-order valence-corrected chi connectivity index (χ2v) is 6.95. The number of nitrogens with one attached hydrogen (secondary N) is 5. The lowest BCUT2D eigenvalue weighted by molar-refractivity contribution is 0.262. The fourth-order valence-corrected chi connectivity index (χ4v) is 2.83. The average molecular weight is 449 g/mol. The Morgan fingerprint density at radius 1 is 1.00 bits per heavy atom. The van der Waals surface area contributed by atoms with Gasteiger partial charge < -0.3 is 21.1 Å². The van der Waals surface area contributed by atoms with Gasteiger partial charge in [-0.1, -0.05) is 12.1 Å². The molecule has 3 heterocycles. The lowest BCUT2D eigenvalue weighted by Gasteiger charge is -2.10. The quantitative estimate of drug-likeness (QED) is 0.245. The number of aromatic hydroxyl groups is 1. The molecule has 0 bridgehead atoms. The van der Waals surface area contributed by atoms with Crippen molar-refractivity contribution >= 4 is 40.8 Å². The molecule has 0 aliphatic carbocycles. The Kier molecular flexibility index (Phi) is 6.25. The number of aryl methyl sites for hydroxylation is 1. The van der Waals surface area contributed by atoms with Crippen LogP contribution in [0.2, 0.25) is 0 Å². The molecule has 11 nitrogen and oxygen atoms in total. The normalized spacial score (nSPS) is 10.5. The summed E-state index contributed by atoms with van der Waals surface area (Å²) in [6.07, 6.45) is 1.53. The Bertz CT molecular complexity index is 1240. The van der Waals surface area contributed by atoms with Crippen molar-refractivity contribution in [3.63, 3.8) is 0 Å². The highest BCUT2D eigenvalue weighted by molar-refractivity contribution is 5.99. The van der Waals surface area contributed by atoms with Crippen LogP contribution in [0.5, 0.6) is 5.88 Å². The number of hydrogen-bond acceptors (Lipinski definition) is 8. The molecule has 3 aromatic heterocycles. The van der Waals surface area contributed by atoms with Crippen LogP contribution in [0.15, 0.2) is 54.7 Å². The summed E-state index contributed by atoms with van der Waals surface area (Å²) in [6, 6.07) is 12.5. The van der Waals surface area contributed by atoms with Crippen LogP contribution < -0.4 is 21.3 Å². The van der Waals surface area contributed by atoms with E-state index in [1.165, 1.54) is 12.3 Å². The number of carbonyl (C=O) groups is 1. The monoisotopic (exact) mass is 449 g/mol. The minimum atomic E-state index is -0.559. The van der Waals surface area contributed by atoms with Crippen LogP contribution in [0.3, 0.4) is 0 Å². The highest BCUT2D eigenvalue weighted by atomic mass is 19.1. The third kappa shape index (κ3) is 5.91. The third-order valence-electron chi connectivity index (χ3n) is 4.31. The van der Waals surface area contributed by atoms with Crippen molar-refractivity contribution < 1.29 is 14.3 Å². The Morgan fingerprint density at radius 2 is 1.79 bits per heavy atom. The topological polar surface area (TPSA) is 153 Å². The first-order valence-corrected chi connectivity index (χ1v) is 9.80. The molecule has 1 aromatic carbocycles. The number of nitrogens with zero attached hydrogens (tertiary/aromatic N) is 4. The maximum Gasteiger partial charge on any atom is 0.324 e. The lowest BCUT2D eigenvalue weighted by atomic mass is 10.2. The maximum absolute atomic E-state index is 12.6. The molecule has 33 heavy (non-hydrogen) atoms. The van der Waals surface area contributed by atoms with Crippen molar-refractivity contribution in [1.82, 2.24) is 25.1 Å². The van der Waals surface area contributed by atoms with Crippen molar-refractivity contribution in [1.29, 1.82) is 0 Å². The molecule has 0 atom stereocenters. The Hall–Kier alpha value is -4.74. The number of alkyl halides is 1. The molecule has 2 amide bonds. The van der Waals surface area contributed by atoms with Crippen molar-refractivity contribution in [2.45, 2.75) is 13.6 Å². The predicted octanol–water partition coefficient (Wildman–Crippen LogP) is 4.21. The summed E-state index contributed by atoms with van der Waals surface area (Å²) >= 11 is 0. The molecule has 0 radical (unpaired) electrons. The van der Waals surface area contributed by atoms with Crippen LogP contribution in [-0.4, -0.2) is 36.3 Å². The van der Waals surface area contributed by atoms with Crippen LogP contribution in [0.25, 0.3) is 0 Å². The number of carbonyl (C=O) groups excluding carboxylic acids is 1. The highest BCUT2D eigenvalue weighted by Crippen LogP contribution is 2.20. The van der Waals surface area contributed by atoms with Gasteiger partial charge in [-0.05, 0) is 36.8 Å². The van der Waals surface area contributed by atoms with Gasteiger partial charge in [0, 0.05) is 23.5 Å². The van der Waals surface area contributed by atoms with Crippen LogP contribution in [0.1, 0.15) is 11.3 Å². The van der Waals surface area contributed by atoms with E-state index in [1.54, 1.807) is 42.5 Å². The summed E-state index contributed by atoms with van der Waals surface area (Å²) in [4.78, 5) is 25.0. The number of urea groups is 1. The van der Waals surface area contributed by atoms with Crippen LogP contribution in [0.4, 0.5) is 44.0 Å². The molecule has 12 heteroatoms. The molecule has 168 valence electrons. The number of aromatic amines is 1. The number of hydrogen-bond donors (Lipinski definition) is 6. The SMILES string of the molecule is Cc1cc(Nc2cc(O)n[nH]2)nc(Nc2ccc(NC(=O)Nc3ccc(CF)cc3)nc2)n1. The first-order chi connectivity index (χ1) is 16.0. The van der Waals surface area contributed by atoms with Gasteiger partial charge in [0.25, 0.3) is 0 Å². The van der Waals surface area contributed by atoms with Gasteiger partial charge in [0.15, 0.2) is 0 Å². The van der Waals surface area contributed by atoms with Gasteiger partial charge >= 0.3 is 6.03 Å². The van der Waals surface area contributed by atoms with Gasteiger partial charge in [-0.2, -0.15) is 4.98 Å². The Morgan fingerprint density at radius 3 is 2.45 bits per heavy atom. The molecule has 0 aliphatic heterocycles. The average Bonchev–Trinajstić information content (AvgIpc) is 3.19. The standard InChI is InChI=1S/C21H20FN9O2/c1-12-8-17(27-18-9-19(32)31-30-18)28-20(24-12)25-15-6-7-16(23-11-15)29-21(33)26-14-4-2-13(10-22)3-5-14/h2-9,11H,10H2,1H3,(H2,23,26,29,33)(H4,24,25,27,28,30,31,32). The van der Waals surface area contributed by atoms with E-state index in [1.807, 2.05) is 6.92 Å². The molecule has 0 unspecified atom stereocenters. The van der Waals surface area contributed by atoms with Crippen LogP contribution in [-0.2, 0) is 6.67 Å². The zero-order valence-electron chi connectivity index (χ0n) is 17.4. The number of amides is 2. The Balaban J connectivity index is 1.36. The molecular formula is C21H20FN9O2. The summed E-state index contributed by atoms with van der Waals surface area (Å²) in [7, 11) is 0. The minimum absolute atomic E-state index is 0.134. The van der Waals surface area contributed by atoms with Crippen molar-refractivity contribution in [3.05, 3.63) is 66.0 Å². The number of halogens is 1. The zero-order valence-corrected chi connectivity index (χ0v) is 17.4. The van der Waals surface area contributed by atoms with E-state index >= 15 is 0 Å². The molecule has 4 aromatic rings. The van der Waals surface area contributed by atoms with Gasteiger partial charge in [-0.25, -0.2) is 19.2 Å². The minimum Gasteiger partial charge on any atom is -0.492 e. The van der Waals surface area contributed by atoms with Crippen molar-refractivity contribution in [2.75, 3.05) is 21.3 Å². The largest absolute Gasteiger partial charge is 0.492 e. The maximum atomic E-state index is 12.6. The fraction of sp³-hybridized carbons (Fsp3) is 0.0952. The summed E-state index contributed by atoms with van der Waals surface area (Å²) in [5, 5.41) is 26.9. The van der Waals surface area contributed by atoms with E-state index in [2.05, 4.69) is 46.4 Å². The first-order valence-electron chi connectivity index (χ1n) is 9.80. The first kappa shape index (κ1) is 21.5. The highest BCUT2D eigenvalue weighted by Gasteiger charge is 2.07. The number of pyridine rings is 1. The molecule has 0 fully saturated rings. The summed E-state index contributed by atoms with van der Waals surface area (Å²) in [6.45, 7) is 1.26. The van der Waals surface area contributed by atoms with E-state index in [0.717, 1.165) is 0 Å². The van der Waals surface area contributed by atoms with Crippen molar-refractivity contribution in [2.24, 2.45) is 0 Å². The van der Waals surface area contributed by atoms with Crippen molar-refractivity contribution in [3.8, 4) is 5.88 Å². The molecule has 4 rings (SSSR count). The Labute approximate surface area is 187 Å². The molecule has 0 saturated heterocycles. The van der Waals surface area contributed by atoms with Crippen LogP contribution >= 0.6 is 0 Å². The van der Waals surface area contributed by atoms with E-state index in [0.29, 0.717) is 46.0 Å². The predicted molar refractivity (Wildman–Crippen MR) is 122 cm³/mol. The number of benzene rings is 1. The van der Waals surface area contributed by atoms with E-state index in [-0.39, 0.29) is 5.88 Å². The summed E-state index contributed by atoms with van der Waals surface area (Å²) in [5.74, 6) is 1.51. The molecular weight excluding hydrogens is 429 g/mol. The number of rotatable bonds is 7. The van der Waals surface area contributed by atoms with E-state index < -0.39 is 12.7 Å². The van der Waals surface area contributed by atoms with Gasteiger partial charge in [0.1, 0.15) is 24.1 Å². The van der Waals surface area contributed by atoms with Gasteiger partial charge in [-0.3, -0.25) is 10.4 Å². The lowest BCUT2D eigenvalue weighted by Crippen LogP contribution is -2.20. The number of aromatic nitrogens is 5. The molecule has 6 N–H and O–H groups in total. The number of H-pyrrole nitrogens is 1. The van der Waals surface area contributed by atoms with Crippen LogP contribution in [0, 0.1) is 6.92 Å². The second kappa shape index (κ2) is 9.60. The second-order valence-electron chi connectivity index (χ2n) is 6.95. The fourth-order valence-electron chi connectivity index (χ4n) is 2.83. The summed E-state index contributed by atoms with van der Waals surface area (Å²) < 4.78 is 12.6. The van der Waals surface area contributed by atoms with E-state index in [4.69, 9.17) is 0 Å². The number of anilines is 6. The smallest absolute Gasteiger partial charge is 0.324 e. The van der Waals surface area contributed by atoms with Gasteiger partial charge in [0.05, 0.1) is 11.9 Å². The molecule has 0 aliphatic rings. The van der Waals surface area contributed by atoms with E-state index in [9.17, 15) is 14.3 Å². The molecule has 0 saturated carbocycles. The van der Waals surface area contributed by atoms with Gasteiger partial charge in [-0.15, -0.1) is 5.10 Å². The van der Waals surface area contributed by atoms with Gasteiger partial charge in [0.2, 0.25) is 11.8 Å². The third-order valence-corrected chi connectivity index (χ3v) is 4.31. The summed E-state index contributed by atoms with van der Waals surface area (Å²) in [5.41, 5.74) is 2.39. The zero-order chi connectivity index (χ0) is 23.2.